The minimum atomic E-state index is -0.778. The van der Waals surface area contributed by atoms with Crippen LogP contribution in [0.2, 0.25) is 0 Å². The Morgan fingerprint density at radius 3 is 2.44 bits per heavy atom. The molecule has 1 aliphatic rings. The van der Waals surface area contributed by atoms with Crippen LogP contribution in [0.5, 0.6) is 0 Å². The number of rotatable bonds is 6. The summed E-state index contributed by atoms with van der Waals surface area (Å²) in [6.45, 7) is 10.2. The van der Waals surface area contributed by atoms with Gasteiger partial charge in [0.2, 0.25) is 5.91 Å². The zero-order valence-corrected chi connectivity index (χ0v) is 17.5. The fourth-order valence-electron chi connectivity index (χ4n) is 3.43. The molecule has 3 N–H and O–H groups in total. The lowest BCUT2D eigenvalue weighted by atomic mass is 9.86. The predicted octanol–water partition coefficient (Wildman–Crippen LogP) is 1.81. The minimum absolute atomic E-state index is 0.216. The number of carbonyl (C=O) groups excluding carboxylic acids is 2. The number of hydrogen-bond donors (Lipinski definition) is 3. The van der Waals surface area contributed by atoms with Crippen molar-refractivity contribution in [1.29, 1.82) is 0 Å². The van der Waals surface area contributed by atoms with Crippen LogP contribution in [0.3, 0.4) is 0 Å². The van der Waals surface area contributed by atoms with Crippen molar-refractivity contribution < 1.29 is 14.7 Å². The zero-order valence-electron chi connectivity index (χ0n) is 17.5. The fraction of sp³-hybridized carbons (Fsp3) is 0.750. The maximum atomic E-state index is 13.0. The van der Waals surface area contributed by atoms with Crippen molar-refractivity contribution in [1.82, 2.24) is 20.2 Å². The first kappa shape index (κ1) is 21.4. The maximum Gasteiger partial charge on any atom is 0.272 e. The van der Waals surface area contributed by atoms with Crippen LogP contribution in [0.4, 0.5) is 0 Å². The quantitative estimate of drug-likeness (QED) is 0.703. The minimum Gasteiger partial charge on any atom is -0.390 e. The van der Waals surface area contributed by atoms with Crippen molar-refractivity contribution in [3.8, 4) is 0 Å². The van der Waals surface area contributed by atoms with Gasteiger partial charge in [-0.1, -0.05) is 20.8 Å². The number of likely N-dealkylation sites (N-methyl/N-ethyl adjacent to an activating group) is 1. The fourth-order valence-corrected chi connectivity index (χ4v) is 3.43. The van der Waals surface area contributed by atoms with Crippen molar-refractivity contribution >= 4 is 11.8 Å². The number of nitrogens with zero attached hydrogens (tertiary/aromatic N) is 2. The van der Waals surface area contributed by atoms with Gasteiger partial charge in [-0.05, 0) is 44.9 Å². The van der Waals surface area contributed by atoms with Gasteiger partial charge < -0.3 is 20.3 Å². The number of nitrogens with one attached hydrogen (secondary N) is 2. The van der Waals surface area contributed by atoms with E-state index in [0.717, 1.165) is 37.3 Å². The molecule has 0 saturated carbocycles. The first-order valence-electron chi connectivity index (χ1n) is 9.77. The van der Waals surface area contributed by atoms with Crippen molar-refractivity contribution in [3.05, 3.63) is 17.2 Å². The highest BCUT2D eigenvalue weighted by Crippen LogP contribution is 2.25. The SMILES string of the molecule is CNC(=O)C(NC(=O)c1nc(CCC(C)(C)O)n2c1CCCC2)C(C)(C)C. The van der Waals surface area contributed by atoms with Gasteiger partial charge in [-0.25, -0.2) is 4.98 Å². The predicted molar refractivity (Wildman–Crippen MR) is 105 cm³/mol. The monoisotopic (exact) mass is 378 g/mol. The molecule has 0 aromatic carbocycles. The topological polar surface area (TPSA) is 96.2 Å². The van der Waals surface area contributed by atoms with Gasteiger partial charge in [0, 0.05) is 20.0 Å². The highest BCUT2D eigenvalue weighted by atomic mass is 16.3. The van der Waals surface area contributed by atoms with E-state index in [1.54, 1.807) is 20.9 Å². The Morgan fingerprint density at radius 2 is 1.89 bits per heavy atom. The summed E-state index contributed by atoms with van der Waals surface area (Å²) in [6, 6.07) is -0.643. The highest BCUT2D eigenvalue weighted by Gasteiger charge is 2.34. The van der Waals surface area contributed by atoms with Crippen LogP contribution in [0, 0.1) is 5.41 Å². The lowest BCUT2D eigenvalue weighted by Gasteiger charge is -2.29. The molecule has 2 rings (SSSR count). The first-order valence-corrected chi connectivity index (χ1v) is 9.77. The Labute approximate surface area is 161 Å². The number of aromatic nitrogens is 2. The van der Waals surface area contributed by atoms with Gasteiger partial charge >= 0.3 is 0 Å². The smallest absolute Gasteiger partial charge is 0.272 e. The summed E-state index contributed by atoms with van der Waals surface area (Å²) in [5, 5.41) is 15.5. The molecule has 1 atom stereocenters. The van der Waals surface area contributed by atoms with Crippen LogP contribution in [0.25, 0.3) is 0 Å². The van der Waals surface area contributed by atoms with E-state index in [-0.39, 0.29) is 11.8 Å². The largest absolute Gasteiger partial charge is 0.390 e. The van der Waals surface area contributed by atoms with Gasteiger partial charge in [0.25, 0.3) is 5.91 Å². The van der Waals surface area contributed by atoms with Crippen LogP contribution in [-0.2, 0) is 24.2 Å². The molecule has 0 radical (unpaired) electrons. The van der Waals surface area contributed by atoms with Gasteiger partial charge in [-0.3, -0.25) is 9.59 Å². The van der Waals surface area contributed by atoms with E-state index in [1.807, 2.05) is 20.8 Å². The number of imidazole rings is 1. The molecule has 7 nitrogen and oxygen atoms in total. The summed E-state index contributed by atoms with van der Waals surface area (Å²) in [5.41, 5.74) is 0.159. The van der Waals surface area contributed by atoms with Crippen LogP contribution >= 0.6 is 0 Å². The molecule has 2 amide bonds. The molecule has 7 heteroatoms. The van der Waals surface area contributed by atoms with E-state index in [2.05, 4.69) is 20.2 Å². The molecular weight excluding hydrogens is 344 g/mol. The van der Waals surface area contributed by atoms with Crippen LogP contribution in [-0.4, -0.2) is 45.2 Å². The second-order valence-corrected chi connectivity index (χ2v) is 9.13. The summed E-state index contributed by atoms with van der Waals surface area (Å²) < 4.78 is 2.12. The molecule has 0 spiro atoms. The van der Waals surface area contributed by atoms with Crippen molar-refractivity contribution in [2.45, 2.75) is 84.9 Å². The van der Waals surface area contributed by atoms with Crippen LogP contribution in [0.1, 0.15) is 75.9 Å². The van der Waals surface area contributed by atoms with Gasteiger partial charge in [0.1, 0.15) is 17.6 Å². The first-order chi connectivity index (χ1) is 12.4. The van der Waals surface area contributed by atoms with Gasteiger partial charge in [0.05, 0.1) is 11.3 Å². The van der Waals surface area contributed by atoms with Crippen LogP contribution < -0.4 is 10.6 Å². The van der Waals surface area contributed by atoms with Crippen molar-refractivity contribution in [3.63, 3.8) is 0 Å². The molecule has 0 saturated heterocycles. The van der Waals surface area contributed by atoms with Crippen molar-refractivity contribution in [2.24, 2.45) is 5.41 Å². The molecule has 152 valence electrons. The Morgan fingerprint density at radius 1 is 1.22 bits per heavy atom. The average Bonchev–Trinajstić information content (AvgIpc) is 2.94. The molecule has 0 fully saturated rings. The van der Waals surface area contributed by atoms with E-state index in [0.29, 0.717) is 18.5 Å². The molecule has 1 aliphatic heterocycles. The summed E-state index contributed by atoms with van der Waals surface area (Å²) >= 11 is 0. The normalized spacial score (nSPS) is 15.8. The molecule has 1 aromatic heterocycles. The summed E-state index contributed by atoms with van der Waals surface area (Å²) in [4.78, 5) is 29.9. The van der Waals surface area contributed by atoms with Crippen LogP contribution in [0.15, 0.2) is 0 Å². The molecule has 0 bridgehead atoms. The Balaban J connectivity index is 2.30. The lowest BCUT2D eigenvalue weighted by Crippen LogP contribution is -2.53. The standard InChI is InChI=1S/C20H34N4O3/c1-19(2,3)16(18(26)21-6)23-17(25)15-13-9-7-8-12-24(13)14(22-15)10-11-20(4,5)27/h16,27H,7-12H2,1-6H3,(H,21,26)(H,23,25). The number of aryl methyl sites for hydroxylation is 1. The summed E-state index contributed by atoms with van der Waals surface area (Å²) in [5.74, 6) is 0.314. The molecule has 0 aliphatic carbocycles. The molecule has 1 unspecified atom stereocenters. The Kier molecular flexibility index (Phi) is 6.35. The third-order valence-electron chi connectivity index (χ3n) is 5.02. The lowest BCUT2D eigenvalue weighted by molar-refractivity contribution is -0.124. The van der Waals surface area contributed by atoms with E-state index >= 15 is 0 Å². The van der Waals surface area contributed by atoms with E-state index in [1.165, 1.54) is 0 Å². The Hall–Kier alpha value is -1.89. The molecule has 1 aromatic rings. The Bertz CT molecular complexity index is 695. The van der Waals surface area contributed by atoms with E-state index in [4.69, 9.17) is 0 Å². The second kappa shape index (κ2) is 8.00. The van der Waals surface area contributed by atoms with Gasteiger partial charge in [0.15, 0.2) is 0 Å². The third kappa shape index (κ3) is 5.31. The van der Waals surface area contributed by atoms with Gasteiger partial charge in [-0.2, -0.15) is 0 Å². The number of aliphatic hydroxyl groups is 1. The highest BCUT2D eigenvalue weighted by molar-refractivity contribution is 5.97. The zero-order chi connectivity index (χ0) is 20.4. The van der Waals surface area contributed by atoms with E-state index < -0.39 is 17.1 Å². The number of carbonyl (C=O) groups is 2. The molecule has 2 heterocycles. The van der Waals surface area contributed by atoms with Gasteiger partial charge in [-0.15, -0.1) is 0 Å². The maximum absolute atomic E-state index is 13.0. The second-order valence-electron chi connectivity index (χ2n) is 9.13. The summed E-state index contributed by atoms with van der Waals surface area (Å²) in [6.07, 6.45) is 4.07. The number of amides is 2. The molecule has 27 heavy (non-hydrogen) atoms. The van der Waals surface area contributed by atoms with E-state index in [9.17, 15) is 14.7 Å². The number of hydrogen-bond acceptors (Lipinski definition) is 4. The van der Waals surface area contributed by atoms with Crippen molar-refractivity contribution in [2.75, 3.05) is 7.05 Å². The summed E-state index contributed by atoms with van der Waals surface area (Å²) in [7, 11) is 1.57. The third-order valence-corrected chi connectivity index (χ3v) is 5.02. The molecular formula is C20H34N4O3. The average molecular weight is 379 g/mol. The number of fused-ring (bicyclic) bond motifs is 1.